The minimum Gasteiger partial charge on any atom is -0.472 e. The molecule has 6 saturated heterocycles. The molecular weight excluding hydrogens is 1120 g/mol. The third-order valence-corrected chi connectivity index (χ3v) is 26.6. The van der Waals surface area contributed by atoms with Crippen molar-refractivity contribution in [3.63, 3.8) is 0 Å². The number of methoxy groups -OCH3 is 2. The minimum absolute atomic E-state index is 0.0241. The summed E-state index contributed by atoms with van der Waals surface area (Å²) in [7, 11) is 2.64. The van der Waals surface area contributed by atoms with Crippen molar-refractivity contribution in [1.82, 2.24) is 0 Å². The molecule has 14 aliphatic rings. The van der Waals surface area contributed by atoms with E-state index >= 15 is 0 Å². The Morgan fingerprint density at radius 1 is 0.607 bits per heavy atom. The van der Waals surface area contributed by atoms with Gasteiger partial charge >= 0.3 is 29.8 Å². The van der Waals surface area contributed by atoms with Gasteiger partial charge in [0.1, 0.15) is 45.6 Å². The summed E-state index contributed by atoms with van der Waals surface area (Å²) in [5.41, 5.74) is -17.7. The van der Waals surface area contributed by atoms with Crippen molar-refractivity contribution in [3.8, 4) is 0 Å². The van der Waals surface area contributed by atoms with Crippen molar-refractivity contribution in [2.45, 2.75) is 213 Å². The lowest BCUT2D eigenvalue weighted by molar-refractivity contribution is -0.479. The standard InChI is InChI=1S/C31H37ClO12.C29H36O11/c1-24(21(40-20(35)12-32)15-6-9-39-13-15)7-8-28-26(3)16(10-18(33)38-5)25(2)14-29(26)30(37,22(25)36)23-31(28,17(24)11-19(34)41-23)44-27(4,42-28)43-29;1-22(19(32)14-6-9-36-12-14)7-8-26-24(3)15(10-17(30)35-5)23(2)13-27(24)28(34,20(23)33)21-29(26,16(22)11-18(31)37-21)40-25(4,38-26)39-27/h6,9,13,16-17,21-23,36-37H,7-8,10-12,14H2,1-5H3;6,9,12,15-16,19-21,32-34H,7-8,10-11,13H2,1-5H3. The summed E-state index contributed by atoms with van der Waals surface area (Å²) < 4.78 is 80.4. The molecular formula is C60H73ClO23. The van der Waals surface area contributed by atoms with E-state index in [0.717, 1.165) is 0 Å². The monoisotopic (exact) mass is 1200 g/mol. The summed E-state index contributed by atoms with van der Waals surface area (Å²) in [5, 5.41) is 62.1. The molecule has 23 nitrogen and oxygen atoms in total. The zero-order chi connectivity index (χ0) is 60.0. The Bertz CT molecular complexity index is 3250. The molecule has 0 radical (unpaired) electrons. The number of rotatable bonds is 10. The number of halogens is 1. The number of carbonyl (C=O) groups is 5. The summed E-state index contributed by atoms with van der Waals surface area (Å²) >= 11 is 5.90. The first kappa shape index (κ1) is 56.3. The Morgan fingerprint density at radius 2 is 1.02 bits per heavy atom. The molecule has 8 bridgehead atoms. The molecule has 14 fully saturated rings. The highest BCUT2D eigenvalue weighted by atomic mass is 35.5. The topological polar surface area (TPSA) is 314 Å². The van der Waals surface area contributed by atoms with Gasteiger partial charge in [-0.15, -0.1) is 11.6 Å². The number of alkyl halides is 1. The number of hydrogen-bond acceptors (Lipinski definition) is 23. The van der Waals surface area contributed by atoms with Crippen LogP contribution in [0, 0.1) is 56.2 Å². The van der Waals surface area contributed by atoms with E-state index in [1.807, 2.05) is 41.5 Å². The van der Waals surface area contributed by atoms with E-state index in [9.17, 15) is 49.5 Å². The fraction of sp³-hybridized carbons (Fsp3) is 0.783. The number of ether oxygens (including phenoxy) is 11. The molecule has 6 spiro atoms. The lowest BCUT2D eigenvalue weighted by Gasteiger charge is -2.77. The molecule has 8 heterocycles. The van der Waals surface area contributed by atoms with Gasteiger partial charge in [0.15, 0.2) is 23.4 Å². The first-order valence-electron chi connectivity index (χ1n) is 29.3. The summed E-state index contributed by atoms with van der Waals surface area (Å²) in [5.74, 6) is -8.98. The van der Waals surface area contributed by atoms with Crippen LogP contribution < -0.4 is 0 Å². The van der Waals surface area contributed by atoms with Crippen LogP contribution in [0.3, 0.4) is 0 Å². The van der Waals surface area contributed by atoms with E-state index in [4.69, 9.17) is 72.5 Å². The third-order valence-electron chi connectivity index (χ3n) is 26.3. The molecule has 8 saturated carbocycles. The van der Waals surface area contributed by atoms with E-state index in [0.29, 0.717) is 36.8 Å². The van der Waals surface area contributed by atoms with Gasteiger partial charge in [0, 0.05) is 82.1 Å². The molecule has 0 aromatic carbocycles. The van der Waals surface area contributed by atoms with Gasteiger partial charge < -0.3 is 86.5 Å². The Balaban J connectivity index is 0.000000144. The quantitative estimate of drug-likeness (QED) is 0.126. The molecule has 5 N–H and O–H groups in total. The van der Waals surface area contributed by atoms with Gasteiger partial charge in [-0.2, -0.15) is 0 Å². The highest BCUT2D eigenvalue weighted by molar-refractivity contribution is 6.26. The highest BCUT2D eigenvalue weighted by Gasteiger charge is 3.06. The lowest BCUT2D eigenvalue weighted by Crippen LogP contribution is -2.94. The SMILES string of the molecule is COC(=O)CC1C2(C)CC34OC5(C)OC67C(CC(=O)OC6C3(O)C2O)C(C)(C(O)c2ccoc2)CCC7(O5)C14C.COC(=O)CC1C2(C)CC34OC5(C)OC67C(CC(=O)OC6C3(O)C2O)C(C)(C(OC(=O)CCl)c2ccoc2)CCC7(O5)C14C. The molecule has 84 heavy (non-hydrogen) atoms. The minimum atomic E-state index is -2.13. The first-order valence-corrected chi connectivity index (χ1v) is 29.8. The summed E-state index contributed by atoms with van der Waals surface area (Å²) in [4.78, 5) is 65.7. The number of esters is 5. The third kappa shape index (κ3) is 5.31. The number of furan rings is 2. The first-order chi connectivity index (χ1) is 39.2. The van der Waals surface area contributed by atoms with Gasteiger partial charge in [-0.25, -0.2) is 0 Å². The summed E-state index contributed by atoms with van der Waals surface area (Å²) in [6, 6.07) is 3.38. The van der Waals surface area contributed by atoms with Gasteiger partial charge in [0.05, 0.1) is 70.4 Å². The fourth-order valence-corrected chi connectivity index (χ4v) is 23.8. The van der Waals surface area contributed by atoms with Crippen molar-refractivity contribution in [2.75, 3.05) is 20.1 Å². The number of fused-ring (bicyclic) bond motifs is 6. The molecule has 26 atom stereocenters. The van der Waals surface area contributed by atoms with Crippen LogP contribution in [-0.2, 0) is 76.1 Å². The van der Waals surface area contributed by atoms with Crippen molar-refractivity contribution in [3.05, 3.63) is 48.3 Å². The Labute approximate surface area is 487 Å². The lowest BCUT2D eigenvalue weighted by atomic mass is 9.33. The fourth-order valence-electron chi connectivity index (χ4n) is 23.7. The number of aliphatic hydroxyl groups is 5. The van der Waals surface area contributed by atoms with E-state index in [1.165, 1.54) is 39.3 Å². The summed E-state index contributed by atoms with van der Waals surface area (Å²) in [6.07, 6.45) is -0.0683. The Kier molecular flexibility index (Phi) is 10.7. The van der Waals surface area contributed by atoms with Crippen molar-refractivity contribution in [2.24, 2.45) is 56.2 Å². The van der Waals surface area contributed by atoms with Gasteiger partial charge in [0.25, 0.3) is 11.9 Å². The van der Waals surface area contributed by atoms with Crippen LogP contribution in [0.15, 0.2) is 46.0 Å². The van der Waals surface area contributed by atoms with Crippen LogP contribution in [0.2, 0.25) is 0 Å². The Morgan fingerprint density at radius 3 is 1.44 bits per heavy atom. The Hall–Kier alpha value is -4.24. The molecule has 6 aliphatic heterocycles. The normalized spacial score (nSPS) is 56.6. The largest absolute Gasteiger partial charge is 0.472 e. The van der Waals surface area contributed by atoms with Crippen molar-refractivity contribution in [1.29, 1.82) is 0 Å². The van der Waals surface area contributed by atoms with Crippen LogP contribution in [0.1, 0.15) is 143 Å². The number of carbonyl (C=O) groups excluding carboxylic acids is 5. The van der Waals surface area contributed by atoms with Crippen LogP contribution in [0.4, 0.5) is 0 Å². The number of hydrogen-bond donors (Lipinski definition) is 5. The molecule has 2 aromatic heterocycles. The highest BCUT2D eigenvalue weighted by Crippen LogP contribution is 2.92. The van der Waals surface area contributed by atoms with Gasteiger partial charge in [-0.05, 0) is 62.5 Å². The maximum absolute atomic E-state index is 13.7. The molecule has 8 aliphatic carbocycles. The predicted octanol–water partition coefficient (Wildman–Crippen LogP) is 4.24. The van der Waals surface area contributed by atoms with Crippen LogP contribution in [-0.4, -0.2) is 157 Å². The van der Waals surface area contributed by atoms with E-state index in [-0.39, 0.29) is 44.4 Å². The maximum Gasteiger partial charge on any atom is 0.321 e. The number of aliphatic hydroxyl groups excluding tert-OH is 3. The maximum atomic E-state index is 13.7. The van der Waals surface area contributed by atoms with Crippen LogP contribution >= 0.6 is 11.6 Å². The molecule has 16 rings (SSSR count). The molecule has 2 aromatic rings. The van der Waals surface area contributed by atoms with Gasteiger partial charge in [-0.3, -0.25) is 24.0 Å². The van der Waals surface area contributed by atoms with Crippen LogP contribution in [0.5, 0.6) is 0 Å². The molecule has 0 amide bonds. The van der Waals surface area contributed by atoms with E-state index < -0.39 is 179 Å². The molecule has 26 unspecified atom stereocenters. The van der Waals surface area contributed by atoms with E-state index in [2.05, 4.69) is 0 Å². The van der Waals surface area contributed by atoms with Crippen molar-refractivity contribution < 1.29 is 110 Å². The van der Waals surface area contributed by atoms with Crippen molar-refractivity contribution >= 4 is 41.4 Å². The second-order valence-electron chi connectivity index (χ2n) is 28.9. The van der Waals surface area contributed by atoms with Crippen LogP contribution in [0.25, 0.3) is 0 Å². The summed E-state index contributed by atoms with van der Waals surface area (Å²) in [6.45, 7) is 14.7. The van der Waals surface area contributed by atoms with Gasteiger partial charge in [-0.1, -0.05) is 41.5 Å². The second kappa shape index (κ2) is 16.0. The average Bonchev–Trinajstić information content (AvgIpc) is 1.33. The second-order valence-corrected chi connectivity index (χ2v) is 29.2. The molecule has 458 valence electrons. The average molecular weight is 1200 g/mol. The smallest absolute Gasteiger partial charge is 0.321 e. The molecule has 24 heteroatoms. The zero-order valence-corrected chi connectivity index (χ0v) is 49.2. The van der Waals surface area contributed by atoms with E-state index in [1.54, 1.807) is 26.0 Å². The zero-order valence-electron chi connectivity index (χ0n) is 48.5. The predicted molar refractivity (Wildman–Crippen MR) is 276 cm³/mol. The van der Waals surface area contributed by atoms with Gasteiger partial charge in [0.2, 0.25) is 0 Å².